The van der Waals surface area contributed by atoms with Crippen LogP contribution in [0.3, 0.4) is 0 Å². The molecule has 0 N–H and O–H groups in total. The van der Waals surface area contributed by atoms with E-state index in [1.54, 1.807) is 0 Å². The highest BCUT2D eigenvalue weighted by Gasteiger charge is 2.03. The first-order valence-electron chi connectivity index (χ1n) is 5.92. The second kappa shape index (κ2) is 9.25. The van der Waals surface area contributed by atoms with Crippen molar-refractivity contribution in [3.63, 3.8) is 0 Å². The fourth-order valence-corrected chi connectivity index (χ4v) is 2.23. The molecule has 0 aromatic carbocycles. The largest absolute Gasteiger partial charge is 0.381 e. The molecule has 0 aliphatic rings. The van der Waals surface area contributed by atoms with E-state index in [1.807, 2.05) is 0 Å². The summed E-state index contributed by atoms with van der Waals surface area (Å²) in [6.45, 7) is 5.94. The number of unbranched alkanes of at least 4 members (excludes halogenated alkanes) is 2. The van der Waals surface area contributed by atoms with Crippen LogP contribution < -0.4 is 0 Å². The SMILES string of the molecule is CC(C)CCCOCCCCCS(=O)(=O)Cl. The highest BCUT2D eigenvalue weighted by molar-refractivity contribution is 8.13. The molecule has 98 valence electrons. The van der Waals surface area contributed by atoms with Crippen LogP contribution in [-0.2, 0) is 13.8 Å². The van der Waals surface area contributed by atoms with Crippen LogP contribution in [-0.4, -0.2) is 27.4 Å². The van der Waals surface area contributed by atoms with E-state index < -0.39 is 9.05 Å². The van der Waals surface area contributed by atoms with E-state index in [-0.39, 0.29) is 5.75 Å². The Labute approximate surface area is 104 Å². The summed E-state index contributed by atoms with van der Waals surface area (Å²) in [4.78, 5) is 0. The molecule has 0 rings (SSSR count). The van der Waals surface area contributed by atoms with Gasteiger partial charge in [0, 0.05) is 23.9 Å². The molecule has 0 radical (unpaired) electrons. The summed E-state index contributed by atoms with van der Waals surface area (Å²) in [6, 6.07) is 0. The van der Waals surface area contributed by atoms with E-state index in [4.69, 9.17) is 15.4 Å². The van der Waals surface area contributed by atoms with Gasteiger partial charge in [-0.2, -0.15) is 0 Å². The zero-order valence-corrected chi connectivity index (χ0v) is 11.8. The molecule has 0 unspecified atom stereocenters. The maximum Gasteiger partial charge on any atom is 0.232 e. The van der Waals surface area contributed by atoms with Crippen molar-refractivity contribution in [2.24, 2.45) is 5.92 Å². The first-order valence-corrected chi connectivity index (χ1v) is 8.40. The number of rotatable bonds is 10. The Morgan fingerprint density at radius 1 is 1.06 bits per heavy atom. The van der Waals surface area contributed by atoms with Crippen molar-refractivity contribution in [3.05, 3.63) is 0 Å². The number of hydrogen-bond donors (Lipinski definition) is 0. The minimum atomic E-state index is -3.30. The summed E-state index contributed by atoms with van der Waals surface area (Å²) in [7, 11) is 1.78. The van der Waals surface area contributed by atoms with Gasteiger partial charge in [-0.1, -0.05) is 20.3 Å². The molecular formula is C11H23ClO3S. The van der Waals surface area contributed by atoms with E-state index >= 15 is 0 Å². The van der Waals surface area contributed by atoms with Crippen LogP contribution in [0.1, 0.15) is 46.0 Å². The number of halogens is 1. The summed E-state index contributed by atoms with van der Waals surface area (Å²) in [6.07, 6.45) is 4.70. The zero-order chi connectivity index (χ0) is 12.4. The molecule has 0 fully saturated rings. The highest BCUT2D eigenvalue weighted by Crippen LogP contribution is 2.05. The third kappa shape index (κ3) is 14.2. The smallest absolute Gasteiger partial charge is 0.232 e. The number of ether oxygens (including phenoxy) is 1. The lowest BCUT2D eigenvalue weighted by molar-refractivity contribution is 0.124. The second-order valence-electron chi connectivity index (χ2n) is 4.45. The van der Waals surface area contributed by atoms with Crippen molar-refractivity contribution in [2.75, 3.05) is 19.0 Å². The van der Waals surface area contributed by atoms with Crippen LogP contribution >= 0.6 is 10.7 Å². The van der Waals surface area contributed by atoms with E-state index in [0.29, 0.717) is 6.42 Å². The quantitative estimate of drug-likeness (QED) is 0.452. The van der Waals surface area contributed by atoms with Crippen molar-refractivity contribution in [2.45, 2.75) is 46.0 Å². The molecular weight excluding hydrogens is 248 g/mol. The van der Waals surface area contributed by atoms with Crippen LogP contribution in [0.2, 0.25) is 0 Å². The van der Waals surface area contributed by atoms with Gasteiger partial charge in [-0.05, 0) is 31.6 Å². The Morgan fingerprint density at radius 2 is 1.69 bits per heavy atom. The van der Waals surface area contributed by atoms with Crippen LogP contribution in [0, 0.1) is 5.92 Å². The van der Waals surface area contributed by atoms with Gasteiger partial charge in [0.05, 0.1) is 5.75 Å². The first kappa shape index (κ1) is 16.2. The predicted octanol–water partition coefficient (Wildman–Crippen LogP) is 3.18. The Balaban J connectivity index is 3.10. The van der Waals surface area contributed by atoms with Crippen LogP contribution in [0.25, 0.3) is 0 Å². The molecule has 0 saturated heterocycles. The Bertz CT molecular complexity index is 250. The van der Waals surface area contributed by atoms with Crippen molar-refractivity contribution in [3.8, 4) is 0 Å². The Hall–Kier alpha value is 0.200. The summed E-state index contributed by atoms with van der Waals surface area (Å²) < 4.78 is 26.6. The van der Waals surface area contributed by atoms with Crippen molar-refractivity contribution >= 4 is 19.7 Å². The van der Waals surface area contributed by atoms with Gasteiger partial charge in [0.2, 0.25) is 9.05 Å². The molecule has 0 aliphatic carbocycles. The first-order chi connectivity index (χ1) is 7.42. The van der Waals surface area contributed by atoms with Crippen molar-refractivity contribution in [1.29, 1.82) is 0 Å². The van der Waals surface area contributed by atoms with Gasteiger partial charge in [-0.3, -0.25) is 0 Å². The lowest BCUT2D eigenvalue weighted by Gasteiger charge is -2.05. The van der Waals surface area contributed by atoms with Gasteiger partial charge in [0.15, 0.2) is 0 Å². The van der Waals surface area contributed by atoms with Crippen LogP contribution in [0.5, 0.6) is 0 Å². The summed E-state index contributed by atoms with van der Waals surface area (Å²) in [5, 5.41) is 0. The zero-order valence-electron chi connectivity index (χ0n) is 10.2. The minimum Gasteiger partial charge on any atom is -0.381 e. The van der Waals surface area contributed by atoms with E-state index in [9.17, 15) is 8.42 Å². The summed E-state index contributed by atoms with van der Waals surface area (Å²) in [5.74, 6) is 0.805. The molecule has 0 saturated carbocycles. The topological polar surface area (TPSA) is 43.4 Å². The molecule has 0 aliphatic heterocycles. The highest BCUT2D eigenvalue weighted by atomic mass is 35.7. The lowest BCUT2D eigenvalue weighted by atomic mass is 10.1. The lowest BCUT2D eigenvalue weighted by Crippen LogP contribution is -2.01. The van der Waals surface area contributed by atoms with Gasteiger partial charge >= 0.3 is 0 Å². The third-order valence-electron chi connectivity index (χ3n) is 2.25. The van der Waals surface area contributed by atoms with E-state index in [2.05, 4.69) is 13.8 Å². The van der Waals surface area contributed by atoms with Crippen molar-refractivity contribution < 1.29 is 13.2 Å². The molecule has 0 aromatic rings. The number of hydrogen-bond acceptors (Lipinski definition) is 3. The van der Waals surface area contributed by atoms with Gasteiger partial charge in [-0.25, -0.2) is 8.42 Å². The van der Waals surface area contributed by atoms with E-state index in [0.717, 1.165) is 38.4 Å². The fraction of sp³-hybridized carbons (Fsp3) is 1.00. The standard InChI is InChI=1S/C11H23ClO3S/c1-11(2)7-6-9-15-8-4-3-5-10-16(12,13)14/h11H,3-10H2,1-2H3. The second-order valence-corrected chi connectivity index (χ2v) is 7.35. The monoisotopic (exact) mass is 270 g/mol. The molecule has 3 nitrogen and oxygen atoms in total. The summed E-state index contributed by atoms with van der Waals surface area (Å²) in [5.41, 5.74) is 0. The molecule has 0 bridgehead atoms. The average molecular weight is 271 g/mol. The predicted molar refractivity (Wildman–Crippen MR) is 68.4 cm³/mol. The Morgan fingerprint density at radius 3 is 2.25 bits per heavy atom. The van der Waals surface area contributed by atoms with Gasteiger partial charge in [0.25, 0.3) is 0 Å². The molecule has 0 aromatic heterocycles. The average Bonchev–Trinajstić information content (AvgIpc) is 2.13. The molecule has 16 heavy (non-hydrogen) atoms. The molecule has 0 amide bonds. The third-order valence-corrected chi connectivity index (χ3v) is 3.49. The van der Waals surface area contributed by atoms with Crippen LogP contribution in [0.15, 0.2) is 0 Å². The molecule has 0 heterocycles. The summed E-state index contributed by atoms with van der Waals surface area (Å²) >= 11 is 0. The van der Waals surface area contributed by atoms with Gasteiger partial charge < -0.3 is 4.74 Å². The molecule has 0 atom stereocenters. The van der Waals surface area contributed by atoms with Gasteiger partial charge in [-0.15, -0.1) is 0 Å². The van der Waals surface area contributed by atoms with Crippen LogP contribution in [0.4, 0.5) is 0 Å². The minimum absolute atomic E-state index is 0.0713. The fourth-order valence-electron chi connectivity index (χ4n) is 1.35. The normalized spacial score (nSPS) is 12.2. The molecule has 5 heteroatoms. The van der Waals surface area contributed by atoms with E-state index in [1.165, 1.54) is 6.42 Å². The van der Waals surface area contributed by atoms with Gasteiger partial charge in [0.1, 0.15) is 0 Å². The van der Waals surface area contributed by atoms with Crippen molar-refractivity contribution in [1.82, 2.24) is 0 Å². The maximum absolute atomic E-state index is 10.6. The maximum atomic E-state index is 10.6. The Kier molecular flexibility index (Phi) is 9.37. The molecule has 0 spiro atoms.